The van der Waals surface area contributed by atoms with Gasteiger partial charge in [-0.15, -0.1) is 0 Å². The minimum absolute atomic E-state index is 0.161. The maximum Gasteiger partial charge on any atom is 0.262 e. The van der Waals surface area contributed by atoms with Gasteiger partial charge in [-0.1, -0.05) is 0 Å². The van der Waals surface area contributed by atoms with Crippen LogP contribution in [0.4, 0.5) is 0 Å². The SMILES string of the molecule is CC(C)S(=O)(=O)c1ccc(S(=O)(=O)Cl)cn1. The van der Waals surface area contributed by atoms with Crippen LogP contribution in [0, 0.1) is 0 Å². The number of hydrogen-bond acceptors (Lipinski definition) is 5. The molecule has 0 aromatic carbocycles. The van der Waals surface area contributed by atoms with Gasteiger partial charge in [-0.3, -0.25) is 0 Å². The van der Waals surface area contributed by atoms with Crippen molar-refractivity contribution in [2.24, 2.45) is 0 Å². The van der Waals surface area contributed by atoms with Crippen molar-refractivity contribution < 1.29 is 16.8 Å². The molecule has 0 aliphatic carbocycles. The minimum atomic E-state index is -3.87. The second-order valence-electron chi connectivity index (χ2n) is 3.36. The van der Waals surface area contributed by atoms with Crippen molar-refractivity contribution in [1.82, 2.24) is 4.98 Å². The fraction of sp³-hybridized carbons (Fsp3) is 0.375. The monoisotopic (exact) mass is 283 g/mol. The van der Waals surface area contributed by atoms with Crippen molar-refractivity contribution in [3.63, 3.8) is 0 Å². The van der Waals surface area contributed by atoms with E-state index in [2.05, 4.69) is 4.98 Å². The van der Waals surface area contributed by atoms with Crippen LogP contribution in [0.15, 0.2) is 28.3 Å². The molecule has 0 radical (unpaired) electrons. The molecule has 8 heteroatoms. The Morgan fingerprint density at radius 3 is 2.06 bits per heavy atom. The molecular formula is C8H10ClNO4S2. The molecule has 1 aromatic rings. The number of pyridine rings is 1. The summed E-state index contributed by atoms with van der Waals surface area (Å²) in [4.78, 5) is 3.36. The molecule has 5 nitrogen and oxygen atoms in total. The summed E-state index contributed by atoms with van der Waals surface area (Å²) in [7, 11) is -2.29. The Balaban J connectivity index is 3.25. The summed E-state index contributed by atoms with van der Waals surface area (Å²) in [6, 6.07) is 2.25. The number of hydrogen-bond donors (Lipinski definition) is 0. The summed E-state index contributed by atoms with van der Waals surface area (Å²) in [5.74, 6) is 0. The van der Waals surface area contributed by atoms with E-state index in [1.807, 2.05) is 0 Å². The molecule has 0 N–H and O–H groups in total. The maximum atomic E-state index is 11.6. The highest BCUT2D eigenvalue weighted by Gasteiger charge is 2.21. The molecule has 0 saturated heterocycles. The Hall–Kier alpha value is -0.660. The van der Waals surface area contributed by atoms with Crippen molar-refractivity contribution in [1.29, 1.82) is 0 Å². The smallest absolute Gasteiger partial charge is 0.243 e. The van der Waals surface area contributed by atoms with Crippen LogP contribution in [0.5, 0.6) is 0 Å². The Morgan fingerprint density at radius 2 is 1.75 bits per heavy atom. The molecule has 0 unspecified atom stereocenters. The average Bonchev–Trinajstić information content (AvgIpc) is 2.16. The first-order valence-corrected chi connectivity index (χ1v) is 8.16. The van der Waals surface area contributed by atoms with Crippen LogP contribution in [0.1, 0.15) is 13.8 Å². The lowest BCUT2D eigenvalue weighted by Gasteiger charge is -2.06. The molecule has 0 amide bonds. The highest BCUT2D eigenvalue weighted by atomic mass is 35.7. The molecule has 0 saturated carbocycles. The molecule has 0 bridgehead atoms. The first-order chi connectivity index (χ1) is 7.15. The lowest BCUT2D eigenvalue weighted by molar-refractivity contribution is 0.582. The van der Waals surface area contributed by atoms with E-state index >= 15 is 0 Å². The zero-order valence-electron chi connectivity index (χ0n) is 8.58. The van der Waals surface area contributed by atoms with Crippen LogP contribution in [-0.2, 0) is 18.9 Å². The molecule has 1 rings (SSSR count). The molecule has 16 heavy (non-hydrogen) atoms. The Morgan fingerprint density at radius 1 is 1.19 bits per heavy atom. The van der Waals surface area contributed by atoms with Crippen LogP contribution in [-0.4, -0.2) is 27.1 Å². The quantitative estimate of drug-likeness (QED) is 0.778. The van der Waals surface area contributed by atoms with Crippen LogP contribution in [0.25, 0.3) is 0 Å². The molecule has 1 heterocycles. The zero-order valence-corrected chi connectivity index (χ0v) is 11.0. The highest BCUT2D eigenvalue weighted by Crippen LogP contribution is 2.17. The largest absolute Gasteiger partial charge is 0.262 e. The van der Waals surface area contributed by atoms with E-state index in [-0.39, 0.29) is 9.92 Å². The van der Waals surface area contributed by atoms with Crippen LogP contribution in [0.3, 0.4) is 0 Å². The zero-order chi connectivity index (χ0) is 12.6. The van der Waals surface area contributed by atoms with E-state index in [4.69, 9.17) is 10.7 Å². The second kappa shape index (κ2) is 4.31. The number of sulfone groups is 1. The summed E-state index contributed by atoms with van der Waals surface area (Å²) in [6.07, 6.45) is 0.928. The van der Waals surface area contributed by atoms with Gasteiger partial charge in [0.1, 0.15) is 4.90 Å². The van der Waals surface area contributed by atoms with Gasteiger partial charge in [-0.25, -0.2) is 21.8 Å². The van der Waals surface area contributed by atoms with Gasteiger partial charge in [0, 0.05) is 16.9 Å². The third-order valence-corrected chi connectivity index (χ3v) is 5.31. The first-order valence-electron chi connectivity index (χ1n) is 4.30. The molecule has 90 valence electrons. The Kier molecular flexibility index (Phi) is 3.61. The van der Waals surface area contributed by atoms with E-state index in [0.717, 1.165) is 18.3 Å². The van der Waals surface area contributed by atoms with E-state index in [9.17, 15) is 16.8 Å². The van der Waals surface area contributed by atoms with E-state index in [1.165, 1.54) is 13.8 Å². The third kappa shape index (κ3) is 2.72. The lowest BCUT2D eigenvalue weighted by Crippen LogP contribution is -2.15. The van der Waals surface area contributed by atoms with Crippen LogP contribution >= 0.6 is 10.7 Å². The fourth-order valence-corrected chi connectivity index (χ4v) is 2.54. The van der Waals surface area contributed by atoms with Gasteiger partial charge < -0.3 is 0 Å². The lowest BCUT2D eigenvalue weighted by atomic mass is 10.5. The van der Waals surface area contributed by atoms with Gasteiger partial charge in [0.2, 0.25) is 0 Å². The summed E-state index contributed by atoms with van der Waals surface area (Å²) < 4.78 is 45.1. The van der Waals surface area contributed by atoms with E-state index in [1.54, 1.807) is 0 Å². The van der Waals surface area contributed by atoms with Crippen molar-refractivity contribution in [2.45, 2.75) is 29.0 Å². The second-order valence-corrected chi connectivity index (χ2v) is 8.38. The minimum Gasteiger partial charge on any atom is -0.243 e. The van der Waals surface area contributed by atoms with Gasteiger partial charge in [0.15, 0.2) is 14.9 Å². The molecular weight excluding hydrogens is 274 g/mol. The Bertz CT molecular complexity index is 575. The molecule has 0 aliphatic rings. The van der Waals surface area contributed by atoms with E-state index < -0.39 is 24.1 Å². The average molecular weight is 284 g/mol. The predicted molar refractivity (Wildman–Crippen MR) is 59.6 cm³/mol. The summed E-state index contributed by atoms with van der Waals surface area (Å²) in [5, 5.41) is -0.773. The highest BCUT2D eigenvalue weighted by molar-refractivity contribution is 8.13. The first kappa shape index (κ1) is 13.4. The number of aromatic nitrogens is 1. The van der Waals surface area contributed by atoms with Gasteiger partial charge in [0.25, 0.3) is 9.05 Å². The van der Waals surface area contributed by atoms with Crippen LogP contribution < -0.4 is 0 Å². The molecule has 0 atom stereocenters. The van der Waals surface area contributed by atoms with Crippen molar-refractivity contribution in [3.05, 3.63) is 18.3 Å². The molecule has 0 spiro atoms. The Labute approximate surface area is 98.8 Å². The number of rotatable bonds is 3. The number of nitrogens with zero attached hydrogens (tertiary/aromatic N) is 1. The third-order valence-electron chi connectivity index (χ3n) is 1.90. The summed E-state index contributed by atoms with van der Waals surface area (Å²) in [5.41, 5.74) is 0. The van der Waals surface area contributed by atoms with Gasteiger partial charge in [-0.05, 0) is 26.0 Å². The number of halogens is 1. The van der Waals surface area contributed by atoms with E-state index in [0.29, 0.717) is 0 Å². The topological polar surface area (TPSA) is 81.2 Å². The maximum absolute atomic E-state index is 11.6. The normalized spacial score (nSPS) is 13.0. The summed E-state index contributed by atoms with van der Waals surface area (Å²) in [6.45, 7) is 3.03. The molecule has 0 fully saturated rings. The standard InChI is InChI=1S/C8H10ClNO4S2/c1-6(2)15(11,12)8-4-3-7(5-10-8)16(9,13)14/h3-6H,1-2H3. The van der Waals surface area contributed by atoms with Crippen molar-refractivity contribution in [2.75, 3.05) is 0 Å². The molecule has 0 aliphatic heterocycles. The van der Waals surface area contributed by atoms with Crippen molar-refractivity contribution >= 4 is 29.6 Å². The van der Waals surface area contributed by atoms with Crippen LogP contribution in [0.2, 0.25) is 0 Å². The van der Waals surface area contributed by atoms with Gasteiger partial charge in [-0.2, -0.15) is 0 Å². The fourth-order valence-electron chi connectivity index (χ4n) is 0.921. The van der Waals surface area contributed by atoms with Gasteiger partial charge >= 0.3 is 0 Å². The van der Waals surface area contributed by atoms with Gasteiger partial charge in [0.05, 0.1) is 5.25 Å². The van der Waals surface area contributed by atoms with Crippen molar-refractivity contribution in [3.8, 4) is 0 Å². The molecule has 1 aromatic heterocycles. The predicted octanol–water partition coefficient (Wildman–Crippen LogP) is 1.19. The summed E-state index contributed by atoms with van der Waals surface area (Å²) >= 11 is 0.